The largest absolute Gasteiger partial charge is 0.350 e. The Kier molecular flexibility index (Phi) is 5.00. The molecule has 2 aromatic heterocycles. The quantitative estimate of drug-likeness (QED) is 0.519. The van der Waals surface area contributed by atoms with Crippen molar-refractivity contribution in [2.75, 3.05) is 5.32 Å². The van der Waals surface area contributed by atoms with Gasteiger partial charge in [0, 0.05) is 17.1 Å². The summed E-state index contributed by atoms with van der Waals surface area (Å²) >= 11 is 7.60. The van der Waals surface area contributed by atoms with Gasteiger partial charge in [0.1, 0.15) is 0 Å². The normalized spacial score (nSPS) is 10.7. The van der Waals surface area contributed by atoms with Crippen molar-refractivity contribution in [3.05, 3.63) is 87.6 Å². The first kappa shape index (κ1) is 17.5. The highest BCUT2D eigenvalue weighted by molar-refractivity contribution is 7.12. The van der Waals surface area contributed by atoms with Crippen molar-refractivity contribution in [1.82, 2.24) is 14.8 Å². The molecule has 4 aromatic rings. The summed E-state index contributed by atoms with van der Waals surface area (Å²) in [5.74, 6) is 0.649. The number of carbonyl (C=O) groups excluding carboxylic acids is 1. The number of hydrogen-bond donors (Lipinski definition) is 1. The van der Waals surface area contributed by atoms with Gasteiger partial charge in [-0.2, -0.15) is 9.67 Å². The first-order valence-electron chi connectivity index (χ1n) is 8.30. The fraction of sp³-hybridized carbons (Fsp3) is 0.0500. The van der Waals surface area contributed by atoms with Crippen LogP contribution in [0.2, 0.25) is 5.02 Å². The van der Waals surface area contributed by atoms with Gasteiger partial charge in [0.25, 0.3) is 5.91 Å². The van der Waals surface area contributed by atoms with Crippen molar-refractivity contribution >= 4 is 34.8 Å². The van der Waals surface area contributed by atoms with Gasteiger partial charge in [-0.05, 0) is 23.1 Å². The lowest BCUT2D eigenvalue weighted by Gasteiger charge is -2.07. The molecule has 0 aliphatic heterocycles. The summed E-state index contributed by atoms with van der Waals surface area (Å²) < 4.78 is 1.31. The van der Waals surface area contributed by atoms with Gasteiger partial charge in [0.05, 0.1) is 4.88 Å². The molecule has 0 aliphatic rings. The van der Waals surface area contributed by atoms with Crippen molar-refractivity contribution < 1.29 is 4.79 Å². The standard InChI is InChI=1S/C20H15ClN4OS/c21-16-10-5-4-9-15(16)13-22-20-23-18(14-7-2-1-3-8-14)24-25(20)19(26)17-11-6-12-27-17/h1-12H,13H2,(H,22,23,24). The lowest BCUT2D eigenvalue weighted by atomic mass is 10.2. The van der Waals surface area contributed by atoms with E-state index >= 15 is 0 Å². The molecule has 2 heterocycles. The summed E-state index contributed by atoms with van der Waals surface area (Å²) in [6, 6.07) is 20.7. The van der Waals surface area contributed by atoms with Crippen molar-refractivity contribution in [2.24, 2.45) is 0 Å². The molecule has 0 spiro atoms. The highest BCUT2D eigenvalue weighted by atomic mass is 35.5. The Hall–Kier alpha value is -2.96. The number of rotatable bonds is 5. The Balaban J connectivity index is 1.69. The summed E-state index contributed by atoms with van der Waals surface area (Å²) in [5.41, 5.74) is 1.76. The minimum atomic E-state index is -0.221. The summed E-state index contributed by atoms with van der Waals surface area (Å²) in [7, 11) is 0. The third-order valence-electron chi connectivity index (χ3n) is 3.96. The maximum atomic E-state index is 12.9. The van der Waals surface area contributed by atoms with Crippen LogP contribution in [-0.2, 0) is 6.54 Å². The molecule has 5 nitrogen and oxygen atoms in total. The summed E-state index contributed by atoms with van der Waals surface area (Å²) in [4.78, 5) is 18.0. The first-order chi connectivity index (χ1) is 13.2. The number of nitrogens with one attached hydrogen (secondary N) is 1. The van der Waals surface area contributed by atoms with E-state index in [9.17, 15) is 4.79 Å². The van der Waals surface area contributed by atoms with Crippen LogP contribution in [0.15, 0.2) is 72.1 Å². The molecule has 27 heavy (non-hydrogen) atoms. The second-order valence-electron chi connectivity index (χ2n) is 5.76. The number of anilines is 1. The van der Waals surface area contributed by atoms with E-state index in [1.165, 1.54) is 16.0 Å². The number of thiophene rings is 1. The van der Waals surface area contributed by atoms with E-state index in [0.717, 1.165) is 11.1 Å². The average Bonchev–Trinajstić information content (AvgIpc) is 3.38. The molecule has 134 valence electrons. The third kappa shape index (κ3) is 3.77. The highest BCUT2D eigenvalue weighted by Gasteiger charge is 2.19. The Labute approximate surface area is 165 Å². The fourth-order valence-corrected chi connectivity index (χ4v) is 3.45. The molecule has 0 radical (unpaired) electrons. The van der Waals surface area contributed by atoms with Gasteiger partial charge in [0.15, 0.2) is 5.82 Å². The number of benzene rings is 2. The number of nitrogens with zero attached hydrogens (tertiary/aromatic N) is 3. The van der Waals surface area contributed by atoms with Crippen LogP contribution in [0.25, 0.3) is 11.4 Å². The second-order valence-corrected chi connectivity index (χ2v) is 7.12. The maximum absolute atomic E-state index is 12.9. The molecule has 0 amide bonds. The molecule has 7 heteroatoms. The van der Waals surface area contributed by atoms with E-state index in [4.69, 9.17) is 11.6 Å². The maximum Gasteiger partial charge on any atom is 0.291 e. The van der Waals surface area contributed by atoms with Crippen molar-refractivity contribution in [2.45, 2.75) is 6.54 Å². The molecule has 0 atom stereocenters. The summed E-state index contributed by atoms with van der Waals surface area (Å²) in [6.45, 7) is 0.435. The second kappa shape index (κ2) is 7.73. The van der Waals surface area contributed by atoms with Crippen LogP contribution in [-0.4, -0.2) is 20.7 Å². The fourth-order valence-electron chi connectivity index (χ4n) is 2.60. The van der Waals surface area contributed by atoms with Gasteiger partial charge < -0.3 is 5.32 Å². The molecule has 0 bridgehead atoms. The lowest BCUT2D eigenvalue weighted by Crippen LogP contribution is -2.16. The number of carbonyl (C=O) groups is 1. The molecule has 0 aliphatic carbocycles. The van der Waals surface area contributed by atoms with Crippen LogP contribution >= 0.6 is 22.9 Å². The zero-order chi connectivity index (χ0) is 18.6. The van der Waals surface area contributed by atoms with Gasteiger partial charge in [-0.1, -0.05) is 66.2 Å². The van der Waals surface area contributed by atoms with Crippen molar-refractivity contribution in [1.29, 1.82) is 0 Å². The van der Waals surface area contributed by atoms with Crippen LogP contribution in [0.3, 0.4) is 0 Å². The minimum absolute atomic E-state index is 0.221. The zero-order valence-corrected chi connectivity index (χ0v) is 15.7. The molecule has 0 fully saturated rings. The molecule has 0 unspecified atom stereocenters. The molecular weight excluding hydrogens is 380 g/mol. The Morgan fingerprint density at radius 1 is 1.04 bits per heavy atom. The van der Waals surface area contributed by atoms with Crippen LogP contribution < -0.4 is 5.32 Å². The van der Waals surface area contributed by atoms with E-state index in [1.807, 2.05) is 66.0 Å². The van der Waals surface area contributed by atoms with Crippen LogP contribution in [0.1, 0.15) is 15.2 Å². The van der Waals surface area contributed by atoms with E-state index < -0.39 is 0 Å². The average molecular weight is 395 g/mol. The predicted octanol–water partition coefficient (Wildman–Crippen LogP) is 4.96. The number of halogens is 1. The lowest BCUT2D eigenvalue weighted by molar-refractivity contribution is 0.0951. The van der Waals surface area contributed by atoms with Gasteiger partial charge >= 0.3 is 0 Å². The topological polar surface area (TPSA) is 59.8 Å². The summed E-state index contributed by atoms with van der Waals surface area (Å²) in [5, 5.41) is 10.1. The zero-order valence-electron chi connectivity index (χ0n) is 14.2. The van der Waals surface area contributed by atoms with E-state index in [1.54, 1.807) is 6.07 Å². The van der Waals surface area contributed by atoms with E-state index in [-0.39, 0.29) is 5.91 Å². The molecule has 4 rings (SSSR count). The van der Waals surface area contributed by atoms with Crippen LogP contribution in [0.4, 0.5) is 5.95 Å². The van der Waals surface area contributed by atoms with E-state index in [0.29, 0.717) is 28.2 Å². The Morgan fingerprint density at radius 3 is 2.56 bits per heavy atom. The first-order valence-corrected chi connectivity index (χ1v) is 9.56. The molecular formula is C20H15ClN4OS. The predicted molar refractivity (Wildman–Crippen MR) is 108 cm³/mol. The van der Waals surface area contributed by atoms with Gasteiger partial charge in [0.2, 0.25) is 5.95 Å². The SMILES string of the molecule is O=C(c1cccs1)n1nc(-c2ccccc2)nc1NCc1ccccc1Cl. The van der Waals surface area contributed by atoms with Gasteiger partial charge in [-0.25, -0.2) is 0 Å². The van der Waals surface area contributed by atoms with Crippen LogP contribution in [0, 0.1) is 0 Å². The smallest absolute Gasteiger partial charge is 0.291 e. The molecule has 1 N–H and O–H groups in total. The number of hydrogen-bond acceptors (Lipinski definition) is 5. The number of aromatic nitrogens is 3. The molecule has 0 saturated carbocycles. The molecule has 2 aromatic carbocycles. The van der Waals surface area contributed by atoms with Gasteiger partial charge in [-0.15, -0.1) is 16.4 Å². The third-order valence-corrected chi connectivity index (χ3v) is 5.18. The molecule has 0 saturated heterocycles. The Morgan fingerprint density at radius 2 is 1.81 bits per heavy atom. The minimum Gasteiger partial charge on any atom is -0.350 e. The Bertz CT molecular complexity index is 1060. The highest BCUT2D eigenvalue weighted by Crippen LogP contribution is 2.21. The van der Waals surface area contributed by atoms with Gasteiger partial charge in [-0.3, -0.25) is 4.79 Å². The van der Waals surface area contributed by atoms with Crippen LogP contribution in [0.5, 0.6) is 0 Å². The monoisotopic (exact) mass is 394 g/mol. The van der Waals surface area contributed by atoms with E-state index in [2.05, 4.69) is 15.4 Å². The van der Waals surface area contributed by atoms with Crippen molar-refractivity contribution in [3.8, 4) is 11.4 Å². The van der Waals surface area contributed by atoms with Crippen molar-refractivity contribution in [3.63, 3.8) is 0 Å². The summed E-state index contributed by atoms with van der Waals surface area (Å²) in [6.07, 6.45) is 0.